The monoisotopic (exact) mass is 316 g/mol. The molecule has 1 aromatic heterocycles. The quantitative estimate of drug-likeness (QED) is 0.942. The third-order valence-electron chi connectivity index (χ3n) is 4.00. The van der Waals surface area contributed by atoms with Gasteiger partial charge in [0.2, 0.25) is 5.91 Å². The highest BCUT2D eigenvalue weighted by molar-refractivity contribution is 7.07. The van der Waals surface area contributed by atoms with Crippen molar-refractivity contribution in [3.05, 3.63) is 52.2 Å². The zero-order valence-corrected chi connectivity index (χ0v) is 13.4. The normalized spacial score (nSPS) is 18.2. The molecule has 1 aromatic carbocycles. The average Bonchev–Trinajstić information content (AvgIpc) is 3.07. The van der Waals surface area contributed by atoms with Crippen LogP contribution in [0.5, 0.6) is 5.75 Å². The van der Waals surface area contributed by atoms with Gasteiger partial charge in [0.15, 0.2) is 0 Å². The molecule has 2 heterocycles. The van der Waals surface area contributed by atoms with Crippen LogP contribution in [0.3, 0.4) is 0 Å². The molecule has 22 heavy (non-hydrogen) atoms. The number of ether oxygens (including phenoxy) is 1. The molecule has 0 bridgehead atoms. The molecule has 3 rings (SSSR count). The van der Waals surface area contributed by atoms with Crippen molar-refractivity contribution in [3.63, 3.8) is 0 Å². The Balaban J connectivity index is 1.83. The first kappa shape index (κ1) is 15.1. The number of piperazine rings is 1. The van der Waals surface area contributed by atoms with E-state index < -0.39 is 0 Å². The predicted octanol–water partition coefficient (Wildman–Crippen LogP) is 2.47. The van der Waals surface area contributed by atoms with Crippen molar-refractivity contribution in [2.75, 3.05) is 26.7 Å². The highest BCUT2D eigenvalue weighted by Crippen LogP contribution is 2.30. The third kappa shape index (κ3) is 3.15. The van der Waals surface area contributed by atoms with Crippen LogP contribution in [0.25, 0.3) is 0 Å². The zero-order valence-electron chi connectivity index (χ0n) is 12.6. The summed E-state index contributed by atoms with van der Waals surface area (Å²) < 4.78 is 5.47. The molecule has 2 aromatic rings. The second kappa shape index (κ2) is 6.94. The van der Waals surface area contributed by atoms with E-state index in [2.05, 4.69) is 5.32 Å². The SMILES string of the molecule is COc1ccccc1C1CNCCN1C(=O)Cc1ccsc1. The number of amides is 1. The van der Waals surface area contributed by atoms with Crippen LogP contribution in [-0.2, 0) is 11.2 Å². The second-order valence-corrected chi connectivity index (χ2v) is 6.14. The van der Waals surface area contributed by atoms with Crippen molar-refractivity contribution in [1.29, 1.82) is 0 Å². The van der Waals surface area contributed by atoms with Gasteiger partial charge in [-0.2, -0.15) is 11.3 Å². The summed E-state index contributed by atoms with van der Waals surface area (Å²) in [5.41, 5.74) is 2.16. The van der Waals surface area contributed by atoms with Gasteiger partial charge in [0.25, 0.3) is 0 Å². The van der Waals surface area contributed by atoms with Crippen LogP contribution in [0.4, 0.5) is 0 Å². The van der Waals surface area contributed by atoms with Gasteiger partial charge in [-0.15, -0.1) is 0 Å². The Labute approximate surface area is 134 Å². The van der Waals surface area contributed by atoms with Crippen molar-refractivity contribution in [2.24, 2.45) is 0 Å². The van der Waals surface area contributed by atoms with E-state index in [4.69, 9.17) is 4.74 Å². The summed E-state index contributed by atoms with van der Waals surface area (Å²) in [5.74, 6) is 1.01. The first-order valence-electron chi connectivity index (χ1n) is 7.44. The summed E-state index contributed by atoms with van der Waals surface area (Å²) in [5, 5.41) is 7.43. The number of hydrogen-bond acceptors (Lipinski definition) is 4. The van der Waals surface area contributed by atoms with E-state index in [0.717, 1.165) is 36.5 Å². The van der Waals surface area contributed by atoms with Crippen molar-refractivity contribution in [1.82, 2.24) is 10.2 Å². The number of hydrogen-bond donors (Lipinski definition) is 1. The average molecular weight is 316 g/mol. The van der Waals surface area contributed by atoms with Crippen LogP contribution >= 0.6 is 11.3 Å². The standard InChI is InChI=1S/C17H20N2O2S/c1-21-16-5-3-2-4-14(16)15-11-18-7-8-19(15)17(20)10-13-6-9-22-12-13/h2-6,9,12,15,18H,7-8,10-11H2,1H3. The van der Waals surface area contributed by atoms with Gasteiger partial charge < -0.3 is 15.0 Å². The summed E-state index contributed by atoms with van der Waals surface area (Å²) >= 11 is 1.63. The molecule has 1 N–H and O–H groups in total. The Kier molecular flexibility index (Phi) is 4.75. The number of carbonyl (C=O) groups excluding carboxylic acids is 1. The maximum absolute atomic E-state index is 12.7. The molecule has 1 aliphatic heterocycles. The predicted molar refractivity (Wildman–Crippen MR) is 88.3 cm³/mol. The molecular formula is C17H20N2O2S. The highest BCUT2D eigenvalue weighted by atomic mass is 32.1. The van der Waals surface area contributed by atoms with Crippen LogP contribution < -0.4 is 10.1 Å². The molecule has 0 radical (unpaired) electrons. The van der Waals surface area contributed by atoms with Gasteiger partial charge in [0.1, 0.15) is 5.75 Å². The fourth-order valence-electron chi connectivity index (χ4n) is 2.89. The van der Waals surface area contributed by atoms with E-state index in [-0.39, 0.29) is 11.9 Å². The summed E-state index contributed by atoms with van der Waals surface area (Å²) in [6, 6.07) is 9.98. The third-order valence-corrected chi connectivity index (χ3v) is 4.73. The molecule has 1 saturated heterocycles. The van der Waals surface area contributed by atoms with Gasteiger partial charge in [-0.3, -0.25) is 4.79 Å². The number of thiophene rings is 1. The number of benzene rings is 1. The Hall–Kier alpha value is -1.85. The van der Waals surface area contributed by atoms with E-state index >= 15 is 0 Å². The second-order valence-electron chi connectivity index (χ2n) is 5.36. The Morgan fingerprint density at radius 2 is 2.27 bits per heavy atom. The smallest absolute Gasteiger partial charge is 0.227 e. The van der Waals surface area contributed by atoms with E-state index in [9.17, 15) is 4.79 Å². The maximum atomic E-state index is 12.7. The summed E-state index contributed by atoms with van der Waals surface area (Å²) in [6.45, 7) is 2.32. The molecule has 1 unspecified atom stereocenters. The minimum absolute atomic E-state index is 0.0241. The van der Waals surface area contributed by atoms with Crippen LogP contribution in [0.2, 0.25) is 0 Å². The molecule has 1 amide bonds. The molecule has 0 spiro atoms. The van der Waals surface area contributed by atoms with Crippen molar-refractivity contribution in [2.45, 2.75) is 12.5 Å². The van der Waals surface area contributed by atoms with Crippen LogP contribution in [0.15, 0.2) is 41.1 Å². The molecule has 5 heteroatoms. The minimum Gasteiger partial charge on any atom is -0.496 e. The van der Waals surface area contributed by atoms with E-state index in [1.165, 1.54) is 0 Å². The molecule has 0 saturated carbocycles. The van der Waals surface area contributed by atoms with Gasteiger partial charge in [-0.05, 0) is 28.5 Å². The lowest BCUT2D eigenvalue weighted by atomic mass is 10.0. The van der Waals surface area contributed by atoms with Crippen molar-refractivity contribution >= 4 is 17.2 Å². The molecule has 1 aliphatic rings. The molecule has 4 nitrogen and oxygen atoms in total. The lowest BCUT2D eigenvalue weighted by molar-refractivity contribution is -0.133. The van der Waals surface area contributed by atoms with E-state index in [1.807, 2.05) is 46.0 Å². The largest absolute Gasteiger partial charge is 0.496 e. The zero-order chi connectivity index (χ0) is 15.4. The lowest BCUT2D eigenvalue weighted by Gasteiger charge is -2.37. The molecule has 1 fully saturated rings. The first-order valence-corrected chi connectivity index (χ1v) is 8.38. The maximum Gasteiger partial charge on any atom is 0.227 e. The van der Waals surface area contributed by atoms with Gasteiger partial charge in [-0.1, -0.05) is 18.2 Å². The van der Waals surface area contributed by atoms with Gasteiger partial charge >= 0.3 is 0 Å². The van der Waals surface area contributed by atoms with Crippen LogP contribution in [-0.4, -0.2) is 37.6 Å². The minimum atomic E-state index is 0.0241. The fourth-order valence-corrected chi connectivity index (χ4v) is 3.56. The summed E-state index contributed by atoms with van der Waals surface area (Å²) in [6.07, 6.45) is 0.467. The van der Waals surface area contributed by atoms with Gasteiger partial charge in [0.05, 0.1) is 19.6 Å². The fraction of sp³-hybridized carbons (Fsp3) is 0.353. The lowest BCUT2D eigenvalue weighted by Crippen LogP contribution is -2.49. The Morgan fingerprint density at radius 3 is 3.05 bits per heavy atom. The van der Waals surface area contributed by atoms with Gasteiger partial charge in [0, 0.05) is 25.2 Å². The molecular weight excluding hydrogens is 296 g/mol. The number of nitrogens with one attached hydrogen (secondary N) is 1. The van der Waals surface area contributed by atoms with Gasteiger partial charge in [-0.25, -0.2) is 0 Å². The Morgan fingerprint density at radius 1 is 1.41 bits per heavy atom. The first-order chi connectivity index (χ1) is 10.8. The summed E-state index contributed by atoms with van der Waals surface area (Å²) in [4.78, 5) is 14.7. The van der Waals surface area contributed by atoms with Crippen LogP contribution in [0, 0.1) is 0 Å². The molecule has 1 atom stereocenters. The number of para-hydroxylation sites is 1. The molecule has 0 aliphatic carbocycles. The summed E-state index contributed by atoms with van der Waals surface area (Å²) in [7, 11) is 1.67. The van der Waals surface area contributed by atoms with Crippen molar-refractivity contribution < 1.29 is 9.53 Å². The Bertz CT molecular complexity index is 627. The number of nitrogens with zero attached hydrogens (tertiary/aromatic N) is 1. The topological polar surface area (TPSA) is 41.6 Å². The number of rotatable bonds is 4. The molecule has 116 valence electrons. The van der Waals surface area contributed by atoms with Crippen molar-refractivity contribution in [3.8, 4) is 5.75 Å². The number of carbonyl (C=O) groups is 1. The van der Waals surface area contributed by atoms with E-state index in [1.54, 1.807) is 18.4 Å². The van der Waals surface area contributed by atoms with E-state index in [0.29, 0.717) is 6.42 Å². The van der Waals surface area contributed by atoms with Crippen LogP contribution in [0.1, 0.15) is 17.2 Å². The number of methoxy groups -OCH3 is 1. The highest BCUT2D eigenvalue weighted by Gasteiger charge is 2.29.